The summed E-state index contributed by atoms with van der Waals surface area (Å²) >= 11 is 0. The summed E-state index contributed by atoms with van der Waals surface area (Å²) in [6, 6.07) is 0. The first kappa shape index (κ1) is 12.6. The molecule has 1 N–H and O–H groups in total. The number of hydrogen-bond donors (Lipinski definition) is 1. The minimum atomic E-state index is 0.354. The normalized spacial score (nSPS) is 23.8. The third-order valence-corrected chi connectivity index (χ3v) is 3.95. The van der Waals surface area contributed by atoms with Gasteiger partial charge >= 0.3 is 0 Å². The molecule has 0 saturated heterocycles. The summed E-state index contributed by atoms with van der Waals surface area (Å²) in [4.78, 5) is 4.37. The lowest BCUT2D eigenvalue weighted by Gasteiger charge is -2.37. The van der Waals surface area contributed by atoms with Crippen molar-refractivity contribution in [3.05, 3.63) is 17.8 Å². The molecule has 1 aliphatic carbocycles. The van der Waals surface area contributed by atoms with Crippen LogP contribution in [0.2, 0.25) is 0 Å². The average molecular weight is 236 g/mol. The van der Waals surface area contributed by atoms with Crippen molar-refractivity contribution in [1.82, 2.24) is 10.3 Å². The van der Waals surface area contributed by atoms with Crippen molar-refractivity contribution in [1.29, 1.82) is 0 Å². The summed E-state index contributed by atoms with van der Waals surface area (Å²) < 4.78 is 5.89. The van der Waals surface area contributed by atoms with Crippen LogP contribution in [0.5, 0.6) is 0 Å². The fourth-order valence-electron chi connectivity index (χ4n) is 2.82. The molecule has 1 aromatic rings. The smallest absolute Gasteiger partial charge is 0.208 e. The summed E-state index contributed by atoms with van der Waals surface area (Å²) in [5, 5.41) is 3.25. The van der Waals surface area contributed by atoms with E-state index in [1.807, 2.05) is 6.20 Å². The van der Waals surface area contributed by atoms with E-state index in [4.69, 9.17) is 4.42 Å². The van der Waals surface area contributed by atoms with Crippen LogP contribution in [0.3, 0.4) is 0 Å². The Kier molecular flexibility index (Phi) is 3.87. The Morgan fingerprint density at radius 3 is 3.00 bits per heavy atom. The zero-order chi connectivity index (χ0) is 12.3. The van der Waals surface area contributed by atoms with Crippen molar-refractivity contribution in [2.24, 2.45) is 5.41 Å². The van der Waals surface area contributed by atoms with Gasteiger partial charge in [0.1, 0.15) is 5.76 Å². The first-order valence-corrected chi connectivity index (χ1v) is 6.79. The van der Waals surface area contributed by atoms with Crippen molar-refractivity contribution < 1.29 is 4.42 Å². The molecule has 0 aliphatic heterocycles. The molecule has 96 valence electrons. The molecule has 3 heteroatoms. The largest absolute Gasteiger partial charge is 0.444 e. The molecule has 1 fully saturated rings. The Morgan fingerprint density at radius 2 is 2.29 bits per heavy atom. The Bertz CT molecular complexity index is 357. The predicted octanol–water partition coefficient (Wildman–Crippen LogP) is 3.47. The monoisotopic (exact) mass is 236 g/mol. The maximum Gasteiger partial charge on any atom is 0.208 e. The highest BCUT2D eigenvalue weighted by Crippen LogP contribution is 2.46. The van der Waals surface area contributed by atoms with Crippen LogP contribution >= 0.6 is 0 Å². The van der Waals surface area contributed by atoms with E-state index in [2.05, 4.69) is 31.1 Å². The third kappa shape index (κ3) is 2.89. The third-order valence-electron chi connectivity index (χ3n) is 3.95. The van der Waals surface area contributed by atoms with E-state index in [1.165, 1.54) is 25.7 Å². The SMILES string of the molecule is CCNCc1ncc(C2CCCCC2(C)C)o1. The first-order chi connectivity index (χ1) is 8.13. The predicted molar refractivity (Wildman–Crippen MR) is 68.9 cm³/mol. The molecule has 0 bridgehead atoms. The lowest BCUT2D eigenvalue weighted by Crippen LogP contribution is -2.25. The molecule has 1 aliphatic rings. The van der Waals surface area contributed by atoms with Crippen LogP contribution in [0.4, 0.5) is 0 Å². The van der Waals surface area contributed by atoms with Gasteiger partial charge in [0.15, 0.2) is 0 Å². The van der Waals surface area contributed by atoms with E-state index in [-0.39, 0.29) is 0 Å². The number of aromatic nitrogens is 1. The molecule has 0 radical (unpaired) electrons. The van der Waals surface area contributed by atoms with Crippen molar-refractivity contribution >= 4 is 0 Å². The Balaban J connectivity index is 2.07. The molecular formula is C14H24N2O. The molecule has 0 amide bonds. The highest BCUT2D eigenvalue weighted by Gasteiger charge is 2.35. The molecule has 3 nitrogen and oxygen atoms in total. The van der Waals surface area contributed by atoms with Gasteiger partial charge < -0.3 is 9.73 Å². The second kappa shape index (κ2) is 5.21. The molecule has 2 rings (SSSR count). The van der Waals surface area contributed by atoms with E-state index < -0.39 is 0 Å². The topological polar surface area (TPSA) is 38.1 Å². The summed E-state index contributed by atoms with van der Waals surface area (Å²) in [5.74, 6) is 2.45. The lowest BCUT2D eigenvalue weighted by molar-refractivity contribution is 0.176. The second-order valence-electron chi connectivity index (χ2n) is 5.72. The molecule has 0 spiro atoms. The first-order valence-electron chi connectivity index (χ1n) is 6.79. The summed E-state index contributed by atoms with van der Waals surface area (Å²) in [5.41, 5.74) is 0.354. The number of hydrogen-bond acceptors (Lipinski definition) is 3. The van der Waals surface area contributed by atoms with Crippen molar-refractivity contribution in [2.75, 3.05) is 6.54 Å². The minimum Gasteiger partial charge on any atom is -0.444 e. The number of nitrogens with one attached hydrogen (secondary N) is 1. The Labute approximate surface area is 104 Å². The maximum absolute atomic E-state index is 5.89. The van der Waals surface area contributed by atoms with Gasteiger partial charge in [-0.1, -0.05) is 33.6 Å². The maximum atomic E-state index is 5.89. The Morgan fingerprint density at radius 1 is 1.47 bits per heavy atom. The minimum absolute atomic E-state index is 0.354. The van der Waals surface area contributed by atoms with Crippen LogP contribution in [-0.2, 0) is 6.54 Å². The van der Waals surface area contributed by atoms with Crippen molar-refractivity contribution in [3.63, 3.8) is 0 Å². The Hall–Kier alpha value is -0.830. The van der Waals surface area contributed by atoms with Gasteiger partial charge in [-0.05, 0) is 24.8 Å². The van der Waals surface area contributed by atoms with Crippen LogP contribution in [0.1, 0.15) is 64.0 Å². The van der Waals surface area contributed by atoms with Crippen LogP contribution in [0.25, 0.3) is 0 Å². The summed E-state index contributed by atoms with van der Waals surface area (Å²) in [6.07, 6.45) is 7.13. The van der Waals surface area contributed by atoms with Gasteiger partial charge in [0, 0.05) is 5.92 Å². The molecule has 1 aromatic heterocycles. The fraction of sp³-hybridized carbons (Fsp3) is 0.786. The number of nitrogens with zero attached hydrogens (tertiary/aromatic N) is 1. The summed E-state index contributed by atoms with van der Waals surface area (Å²) in [6.45, 7) is 8.48. The van der Waals surface area contributed by atoms with Crippen LogP contribution in [0, 0.1) is 5.41 Å². The standard InChI is InChI=1S/C14H24N2O/c1-4-15-10-13-16-9-12(17-13)11-7-5-6-8-14(11,2)3/h9,11,15H,4-8,10H2,1-3H3. The molecule has 1 unspecified atom stereocenters. The van der Waals surface area contributed by atoms with Gasteiger partial charge in [0.05, 0.1) is 12.7 Å². The van der Waals surface area contributed by atoms with Crippen molar-refractivity contribution in [2.45, 2.75) is 58.9 Å². The van der Waals surface area contributed by atoms with E-state index >= 15 is 0 Å². The highest BCUT2D eigenvalue weighted by molar-refractivity contribution is 5.08. The molecule has 1 heterocycles. The molecule has 17 heavy (non-hydrogen) atoms. The number of oxazole rings is 1. The quantitative estimate of drug-likeness (QED) is 0.870. The highest BCUT2D eigenvalue weighted by atomic mass is 16.4. The van der Waals surface area contributed by atoms with E-state index in [0.29, 0.717) is 11.3 Å². The van der Waals surface area contributed by atoms with Crippen LogP contribution < -0.4 is 5.32 Å². The van der Waals surface area contributed by atoms with Gasteiger partial charge in [0.25, 0.3) is 0 Å². The van der Waals surface area contributed by atoms with E-state index in [1.54, 1.807) is 0 Å². The molecule has 0 aromatic carbocycles. The molecule has 1 saturated carbocycles. The van der Waals surface area contributed by atoms with Gasteiger partial charge in [-0.15, -0.1) is 0 Å². The average Bonchev–Trinajstić information content (AvgIpc) is 2.74. The van der Waals surface area contributed by atoms with Gasteiger partial charge in [-0.2, -0.15) is 0 Å². The van der Waals surface area contributed by atoms with Crippen LogP contribution in [-0.4, -0.2) is 11.5 Å². The zero-order valence-corrected chi connectivity index (χ0v) is 11.3. The summed E-state index contributed by atoms with van der Waals surface area (Å²) in [7, 11) is 0. The van der Waals surface area contributed by atoms with Gasteiger partial charge in [-0.3, -0.25) is 0 Å². The van der Waals surface area contributed by atoms with E-state index in [0.717, 1.165) is 24.7 Å². The lowest BCUT2D eigenvalue weighted by atomic mass is 9.68. The molecule has 1 atom stereocenters. The van der Waals surface area contributed by atoms with Crippen molar-refractivity contribution in [3.8, 4) is 0 Å². The fourth-order valence-corrected chi connectivity index (χ4v) is 2.82. The van der Waals surface area contributed by atoms with Crippen LogP contribution in [0.15, 0.2) is 10.6 Å². The second-order valence-corrected chi connectivity index (χ2v) is 5.72. The van der Waals surface area contributed by atoms with E-state index in [9.17, 15) is 0 Å². The zero-order valence-electron chi connectivity index (χ0n) is 11.3. The molecular weight excluding hydrogens is 212 g/mol. The van der Waals surface area contributed by atoms with Gasteiger partial charge in [0.2, 0.25) is 5.89 Å². The van der Waals surface area contributed by atoms with Gasteiger partial charge in [-0.25, -0.2) is 4.98 Å². The number of rotatable bonds is 4.